The number of rotatable bonds is 8. The maximum atomic E-state index is 14.4. The molecular formula is C24H19Br4FN2O4. The van der Waals surface area contributed by atoms with Gasteiger partial charge in [-0.2, -0.15) is 0 Å². The van der Waals surface area contributed by atoms with Gasteiger partial charge in [0.25, 0.3) is 0 Å². The molecule has 2 atom stereocenters. The average Bonchev–Trinajstić information content (AvgIpc) is 2.80. The van der Waals surface area contributed by atoms with Crippen molar-refractivity contribution in [3.8, 4) is 11.5 Å². The minimum absolute atomic E-state index is 0.00233. The van der Waals surface area contributed by atoms with E-state index in [0.717, 1.165) is 0 Å². The Morgan fingerprint density at radius 3 is 2.14 bits per heavy atom. The van der Waals surface area contributed by atoms with Crippen molar-refractivity contribution in [1.29, 1.82) is 0 Å². The molecule has 184 valence electrons. The highest BCUT2D eigenvalue weighted by atomic mass is 79.9. The lowest BCUT2D eigenvalue weighted by Gasteiger charge is -2.21. The van der Waals surface area contributed by atoms with Gasteiger partial charge in [0.05, 0.1) is 31.0 Å². The van der Waals surface area contributed by atoms with Crippen molar-refractivity contribution in [2.45, 2.75) is 12.5 Å². The third-order valence-electron chi connectivity index (χ3n) is 5.19. The largest absolute Gasteiger partial charge is 0.506 e. The Labute approximate surface area is 234 Å². The normalized spacial score (nSPS) is 12.7. The predicted molar refractivity (Wildman–Crippen MR) is 146 cm³/mol. The van der Waals surface area contributed by atoms with Crippen LogP contribution < -0.4 is 15.8 Å². The van der Waals surface area contributed by atoms with Crippen LogP contribution in [0.4, 0.5) is 10.1 Å². The molecule has 0 bridgehead atoms. The summed E-state index contributed by atoms with van der Waals surface area (Å²) >= 11 is 13.3. The minimum atomic E-state index is -1.35. The molecule has 0 radical (unpaired) electrons. The molecule has 3 aromatic carbocycles. The first-order valence-electron chi connectivity index (χ1n) is 10.1. The van der Waals surface area contributed by atoms with E-state index in [2.05, 4.69) is 69.0 Å². The number of amides is 1. The van der Waals surface area contributed by atoms with Crippen molar-refractivity contribution in [2.75, 3.05) is 12.4 Å². The standard InChI is InChI=1S/C24H19Br4FN2O4/c1-35-23-17(27)7-11(8-18(23)28)6-14(21(32)20(30)13-4-2-3-5-19(13)29)24(34)31-12-9-15(25)22(33)16(26)10-12/h2-5,7-10,14,20,33H,6,30H2,1H3,(H,31,34). The Bertz CT molecular complexity index is 1240. The first kappa shape index (κ1) is 27.8. The van der Waals surface area contributed by atoms with Crippen molar-refractivity contribution in [2.24, 2.45) is 11.7 Å². The zero-order chi connectivity index (χ0) is 25.9. The lowest BCUT2D eigenvalue weighted by molar-refractivity contribution is -0.132. The maximum absolute atomic E-state index is 14.4. The zero-order valence-corrected chi connectivity index (χ0v) is 24.5. The Hall–Kier alpha value is -1.79. The molecule has 0 heterocycles. The molecule has 3 aromatic rings. The molecule has 0 fully saturated rings. The van der Waals surface area contributed by atoms with E-state index in [1.165, 1.54) is 37.4 Å². The van der Waals surface area contributed by atoms with Crippen molar-refractivity contribution < 1.29 is 23.8 Å². The van der Waals surface area contributed by atoms with Gasteiger partial charge in [-0.3, -0.25) is 9.59 Å². The fourth-order valence-corrected chi connectivity index (χ4v) is 6.24. The second kappa shape index (κ2) is 12.0. The van der Waals surface area contributed by atoms with E-state index in [0.29, 0.717) is 34.9 Å². The molecule has 0 aliphatic heterocycles. The number of nitrogens with two attached hydrogens (primary N) is 1. The molecule has 0 saturated heterocycles. The highest BCUT2D eigenvalue weighted by molar-refractivity contribution is 9.11. The summed E-state index contributed by atoms with van der Waals surface area (Å²) in [7, 11) is 1.52. The van der Waals surface area contributed by atoms with E-state index >= 15 is 0 Å². The van der Waals surface area contributed by atoms with Crippen LogP contribution in [0.3, 0.4) is 0 Å². The molecule has 0 saturated carbocycles. The number of ether oxygens (including phenoxy) is 1. The van der Waals surface area contributed by atoms with Gasteiger partial charge in [-0.25, -0.2) is 4.39 Å². The van der Waals surface area contributed by atoms with Gasteiger partial charge in [0.2, 0.25) is 5.91 Å². The van der Waals surface area contributed by atoms with Crippen LogP contribution in [0.5, 0.6) is 11.5 Å². The molecule has 3 rings (SSSR count). The van der Waals surface area contributed by atoms with Crippen molar-refractivity contribution >= 4 is 81.1 Å². The Morgan fingerprint density at radius 2 is 1.60 bits per heavy atom. The molecule has 35 heavy (non-hydrogen) atoms. The maximum Gasteiger partial charge on any atom is 0.235 e. The fraction of sp³-hybridized carbons (Fsp3) is 0.167. The zero-order valence-electron chi connectivity index (χ0n) is 18.1. The summed E-state index contributed by atoms with van der Waals surface area (Å²) in [5.74, 6) is -2.63. The lowest BCUT2D eigenvalue weighted by Crippen LogP contribution is -2.37. The Balaban J connectivity index is 1.98. The van der Waals surface area contributed by atoms with Gasteiger partial charge in [0, 0.05) is 11.3 Å². The van der Waals surface area contributed by atoms with E-state index < -0.39 is 29.5 Å². The Kier molecular flexibility index (Phi) is 9.50. The van der Waals surface area contributed by atoms with Gasteiger partial charge in [0.15, 0.2) is 5.78 Å². The average molecular weight is 738 g/mol. The third-order valence-corrected chi connectivity index (χ3v) is 7.58. The second-order valence-corrected chi connectivity index (χ2v) is 10.9. The smallest absolute Gasteiger partial charge is 0.235 e. The van der Waals surface area contributed by atoms with Crippen LogP contribution in [0.2, 0.25) is 0 Å². The molecule has 11 heteroatoms. The lowest BCUT2D eigenvalue weighted by atomic mass is 9.88. The monoisotopic (exact) mass is 734 g/mol. The molecular weight excluding hydrogens is 719 g/mol. The van der Waals surface area contributed by atoms with Gasteiger partial charge in [-0.15, -0.1) is 0 Å². The van der Waals surface area contributed by atoms with Gasteiger partial charge < -0.3 is 20.9 Å². The number of Topliss-reactive ketones (excluding diaryl/α,β-unsaturated/α-hetero) is 1. The number of phenolic OH excluding ortho intramolecular Hbond substituents is 1. The molecule has 0 aromatic heterocycles. The number of phenols is 1. The van der Waals surface area contributed by atoms with Crippen molar-refractivity contribution in [3.05, 3.63) is 83.4 Å². The molecule has 6 nitrogen and oxygen atoms in total. The fourth-order valence-electron chi connectivity index (χ4n) is 3.45. The molecule has 1 amide bonds. The summed E-state index contributed by atoms with van der Waals surface area (Å²) in [6.07, 6.45) is -0.00552. The first-order valence-corrected chi connectivity index (χ1v) is 13.2. The van der Waals surface area contributed by atoms with E-state index in [-0.39, 0.29) is 17.7 Å². The van der Waals surface area contributed by atoms with Crippen LogP contribution in [0.25, 0.3) is 0 Å². The number of aromatic hydroxyl groups is 1. The van der Waals surface area contributed by atoms with Crippen LogP contribution >= 0.6 is 63.7 Å². The van der Waals surface area contributed by atoms with Crippen molar-refractivity contribution in [3.63, 3.8) is 0 Å². The van der Waals surface area contributed by atoms with Crippen LogP contribution in [-0.2, 0) is 16.0 Å². The number of hydrogen-bond donors (Lipinski definition) is 3. The van der Waals surface area contributed by atoms with E-state index in [4.69, 9.17) is 10.5 Å². The number of benzene rings is 3. The predicted octanol–water partition coefficient (Wildman–Crippen LogP) is 6.66. The van der Waals surface area contributed by atoms with E-state index in [1.807, 2.05) is 0 Å². The number of ketones is 1. The summed E-state index contributed by atoms with van der Waals surface area (Å²) in [6.45, 7) is 0. The first-order chi connectivity index (χ1) is 16.5. The number of methoxy groups -OCH3 is 1. The summed E-state index contributed by atoms with van der Waals surface area (Å²) in [5.41, 5.74) is 7.12. The number of carbonyl (C=O) groups is 2. The third kappa shape index (κ3) is 6.51. The van der Waals surface area contributed by atoms with Gasteiger partial charge in [-0.1, -0.05) is 18.2 Å². The van der Waals surface area contributed by atoms with Crippen molar-refractivity contribution in [1.82, 2.24) is 0 Å². The number of nitrogens with one attached hydrogen (secondary N) is 1. The van der Waals surface area contributed by atoms with Crippen LogP contribution in [-0.4, -0.2) is 23.9 Å². The summed E-state index contributed by atoms with van der Waals surface area (Å²) in [5, 5.41) is 12.6. The molecule has 0 aliphatic carbocycles. The van der Waals surface area contributed by atoms with E-state index in [9.17, 15) is 19.1 Å². The quantitative estimate of drug-likeness (QED) is 0.178. The van der Waals surface area contributed by atoms with E-state index in [1.54, 1.807) is 18.2 Å². The SMILES string of the molecule is COc1c(Br)cc(CC(C(=O)Nc2cc(Br)c(O)c(Br)c2)C(=O)C(N)c2ccccc2F)cc1Br. The molecule has 0 spiro atoms. The minimum Gasteiger partial charge on any atom is -0.506 e. The number of anilines is 1. The molecule has 0 aliphatic rings. The van der Waals surface area contributed by atoms with Gasteiger partial charge >= 0.3 is 0 Å². The second-order valence-electron chi connectivity index (χ2n) is 7.53. The highest BCUT2D eigenvalue weighted by Gasteiger charge is 2.33. The Morgan fingerprint density at radius 1 is 1.03 bits per heavy atom. The summed E-state index contributed by atoms with van der Waals surface area (Å²) in [4.78, 5) is 26.8. The van der Waals surface area contributed by atoms with Crippen LogP contribution in [0.15, 0.2) is 66.4 Å². The number of halogens is 5. The topological polar surface area (TPSA) is 102 Å². The molecule has 4 N–H and O–H groups in total. The summed E-state index contributed by atoms with van der Waals surface area (Å²) in [6, 6.07) is 10.8. The van der Waals surface area contributed by atoms with Gasteiger partial charge in [-0.05, 0) is 106 Å². The number of carbonyl (C=O) groups excluding carboxylic acids is 2. The van der Waals surface area contributed by atoms with Gasteiger partial charge in [0.1, 0.15) is 23.2 Å². The van der Waals surface area contributed by atoms with Crippen LogP contribution in [0, 0.1) is 11.7 Å². The number of hydrogen-bond acceptors (Lipinski definition) is 5. The van der Waals surface area contributed by atoms with Crippen LogP contribution in [0.1, 0.15) is 17.2 Å². The summed E-state index contributed by atoms with van der Waals surface area (Å²) < 4.78 is 21.6. The highest BCUT2D eigenvalue weighted by Crippen LogP contribution is 2.37. The molecule has 2 unspecified atom stereocenters.